The van der Waals surface area contributed by atoms with Crippen molar-refractivity contribution in [1.29, 1.82) is 0 Å². The molecule has 1 heteroatoms. The number of nitrogens with one attached hydrogen (secondary N) is 1. The minimum absolute atomic E-state index is 0.640. The molecule has 0 aromatic rings. The summed E-state index contributed by atoms with van der Waals surface area (Å²) in [6.07, 6.45) is 11.1. The van der Waals surface area contributed by atoms with Crippen LogP contribution >= 0.6 is 0 Å². The standard InChI is InChI=1S/C10H13N/c1-8-6-9-4-2-3-5-10(9)7-11-8/h2-6,9-11H,7H2,1H3. The van der Waals surface area contributed by atoms with Crippen LogP contribution in [0.15, 0.2) is 36.1 Å². The molecule has 0 aromatic heterocycles. The summed E-state index contributed by atoms with van der Waals surface area (Å²) in [5.74, 6) is 1.32. The molecule has 0 saturated heterocycles. The number of fused-ring (bicyclic) bond motifs is 1. The third kappa shape index (κ3) is 1.23. The van der Waals surface area contributed by atoms with Gasteiger partial charge in [0.15, 0.2) is 0 Å². The monoisotopic (exact) mass is 147 g/mol. The normalized spacial score (nSPS) is 34.1. The van der Waals surface area contributed by atoms with Gasteiger partial charge < -0.3 is 5.32 Å². The van der Waals surface area contributed by atoms with E-state index in [2.05, 4.69) is 42.6 Å². The molecule has 0 amide bonds. The fourth-order valence-corrected chi connectivity index (χ4v) is 1.68. The summed E-state index contributed by atoms with van der Waals surface area (Å²) in [4.78, 5) is 0. The second-order valence-corrected chi connectivity index (χ2v) is 3.24. The third-order valence-electron chi connectivity index (χ3n) is 2.36. The van der Waals surface area contributed by atoms with Crippen molar-refractivity contribution in [2.24, 2.45) is 11.8 Å². The predicted molar refractivity (Wildman–Crippen MR) is 47.0 cm³/mol. The highest BCUT2D eigenvalue weighted by atomic mass is 14.9. The van der Waals surface area contributed by atoms with Crippen LogP contribution in [0.4, 0.5) is 0 Å². The fourth-order valence-electron chi connectivity index (χ4n) is 1.68. The minimum Gasteiger partial charge on any atom is -0.388 e. The summed E-state index contributed by atoms with van der Waals surface area (Å²) in [5, 5.41) is 3.36. The number of rotatable bonds is 0. The Bertz CT molecular complexity index is 235. The molecule has 2 aliphatic rings. The predicted octanol–water partition coefficient (Wildman–Crippen LogP) is 1.85. The first-order valence-corrected chi connectivity index (χ1v) is 4.13. The molecule has 58 valence electrons. The smallest absolute Gasteiger partial charge is 0.0215 e. The van der Waals surface area contributed by atoms with Crippen LogP contribution in [-0.2, 0) is 0 Å². The summed E-state index contributed by atoms with van der Waals surface area (Å²) in [6, 6.07) is 0. The lowest BCUT2D eigenvalue weighted by Crippen LogP contribution is -2.30. The lowest BCUT2D eigenvalue weighted by atomic mass is 9.85. The van der Waals surface area contributed by atoms with Crippen LogP contribution in [0, 0.1) is 11.8 Å². The maximum Gasteiger partial charge on any atom is 0.0215 e. The van der Waals surface area contributed by atoms with Crippen LogP contribution in [0.2, 0.25) is 0 Å². The lowest BCUT2D eigenvalue weighted by molar-refractivity contribution is 0.488. The quantitative estimate of drug-likeness (QED) is 0.551. The van der Waals surface area contributed by atoms with E-state index in [0.29, 0.717) is 11.8 Å². The largest absolute Gasteiger partial charge is 0.388 e. The van der Waals surface area contributed by atoms with Crippen LogP contribution in [-0.4, -0.2) is 6.54 Å². The third-order valence-corrected chi connectivity index (χ3v) is 2.36. The summed E-state index contributed by atoms with van der Waals surface area (Å²) in [6.45, 7) is 3.22. The number of allylic oxidation sites excluding steroid dienone is 5. The SMILES string of the molecule is CC1=CC2C=CC=CC2CN1. The van der Waals surface area contributed by atoms with Crippen LogP contribution in [0.25, 0.3) is 0 Å². The molecule has 2 rings (SSSR count). The Morgan fingerprint density at radius 1 is 1.36 bits per heavy atom. The van der Waals surface area contributed by atoms with Gasteiger partial charge in [-0.25, -0.2) is 0 Å². The molecule has 11 heavy (non-hydrogen) atoms. The molecular formula is C10H13N. The molecule has 0 bridgehead atoms. The van der Waals surface area contributed by atoms with Gasteiger partial charge in [-0.15, -0.1) is 0 Å². The van der Waals surface area contributed by atoms with Gasteiger partial charge in [0.05, 0.1) is 0 Å². The molecule has 0 fully saturated rings. The van der Waals surface area contributed by atoms with E-state index in [0.717, 1.165) is 6.54 Å². The molecule has 0 spiro atoms. The zero-order chi connectivity index (χ0) is 7.68. The van der Waals surface area contributed by atoms with E-state index in [-0.39, 0.29) is 0 Å². The molecular weight excluding hydrogens is 134 g/mol. The van der Waals surface area contributed by atoms with Crippen molar-refractivity contribution in [3.05, 3.63) is 36.1 Å². The first-order valence-electron chi connectivity index (χ1n) is 4.13. The maximum atomic E-state index is 3.36. The van der Waals surface area contributed by atoms with Crippen molar-refractivity contribution < 1.29 is 0 Å². The zero-order valence-corrected chi connectivity index (χ0v) is 6.75. The highest BCUT2D eigenvalue weighted by molar-refractivity contribution is 5.23. The van der Waals surface area contributed by atoms with Crippen molar-refractivity contribution in [3.8, 4) is 0 Å². The Morgan fingerprint density at radius 2 is 2.18 bits per heavy atom. The van der Waals surface area contributed by atoms with Crippen LogP contribution in [0.5, 0.6) is 0 Å². The van der Waals surface area contributed by atoms with Crippen LogP contribution in [0.3, 0.4) is 0 Å². The second kappa shape index (κ2) is 2.57. The molecule has 0 saturated carbocycles. The fraction of sp³-hybridized carbons (Fsp3) is 0.400. The van der Waals surface area contributed by atoms with Crippen molar-refractivity contribution in [3.63, 3.8) is 0 Å². The van der Waals surface area contributed by atoms with Gasteiger partial charge in [-0.05, 0) is 6.92 Å². The Kier molecular flexibility index (Phi) is 1.57. The van der Waals surface area contributed by atoms with E-state index in [1.165, 1.54) is 5.70 Å². The van der Waals surface area contributed by atoms with E-state index >= 15 is 0 Å². The average Bonchev–Trinajstić information content (AvgIpc) is 2.04. The topological polar surface area (TPSA) is 12.0 Å². The summed E-state index contributed by atoms with van der Waals surface area (Å²) in [7, 11) is 0. The first kappa shape index (κ1) is 6.71. The molecule has 1 aliphatic heterocycles. The molecule has 1 aliphatic carbocycles. The summed E-state index contributed by atoms with van der Waals surface area (Å²) in [5.41, 5.74) is 1.31. The molecule has 1 heterocycles. The summed E-state index contributed by atoms with van der Waals surface area (Å²) < 4.78 is 0. The number of hydrogen-bond donors (Lipinski definition) is 1. The van der Waals surface area contributed by atoms with Crippen molar-refractivity contribution >= 4 is 0 Å². The Hall–Kier alpha value is -0.980. The zero-order valence-electron chi connectivity index (χ0n) is 6.75. The molecule has 0 radical (unpaired) electrons. The van der Waals surface area contributed by atoms with E-state index in [1.807, 2.05) is 0 Å². The molecule has 1 nitrogen and oxygen atoms in total. The Balaban J connectivity index is 2.22. The van der Waals surface area contributed by atoms with Gasteiger partial charge in [0, 0.05) is 24.1 Å². The van der Waals surface area contributed by atoms with Gasteiger partial charge in [0.2, 0.25) is 0 Å². The molecule has 2 unspecified atom stereocenters. The molecule has 0 aromatic carbocycles. The van der Waals surface area contributed by atoms with E-state index in [4.69, 9.17) is 0 Å². The van der Waals surface area contributed by atoms with Gasteiger partial charge >= 0.3 is 0 Å². The van der Waals surface area contributed by atoms with Crippen LogP contribution in [0.1, 0.15) is 6.92 Å². The lowest BCUT2D eigenvalue weighted by Gasteiger charge is -2.27. The van der Waals surface area contributed by atoms with Gasteiger partial charge in [0.1, 0.15) is 0 Å². The molecule has 2 atom stereocenters. The average molecular weight is 147 g/mol. The van der Waals surface area contributed by atoms with Gasteiger partial charge in [-0.3, -0.25) is 0 Å². The van der Waals surface area contributed by atoms with Crippen molar-refractivity contribution in [2.45, 2.75) is 6.92 Å². The summed E-state index contributed by atoms with van der Waals surface area (Å²) >= 11 is 0. The minimum atomic E-state index is 0.640. The number of hydrogen-bond acceptors (Lipinski definition) is 1. The second-order valence-electron chi connectivity index (χ2n) is 3.24. The molecule has 1 N–H and O–H groups in total. The highest BCUT2D eigenvalue weighted by Gasteiger charge is 2.19. The maximum absolute atomic E-state index is 3.36. The van der Waals surface area contributed by atoms with Gasteiger partial charge in [0.25, 0.3) is 0 Å². The first-order chi connectivity index (χ1) is 5.36. The van der Waals surface area contributed by atoms with E-state index in [9.17, 15) is 0 Å². The highest BCUT2D eigenvalue weighted by Crippen LogP contribution is 2.24. The van der Waals surface area contributed by atoms with Gasteiger partial charge in [-0.1, -0.05) is 30.4 Å². The Morgan fingerprint density at radius 3 is 3.09 bits per heavy atom. The van der Waals surface area contributed by atoms with E-state index in [1.54, 1.807) is 0 Å². The van der Waals surface area contributed by atoms with Crippen LogP contribution < -0.4 is 5.32 Å². The van der Waals surface area contributed by atoms with Crippen molar-refractivity contribution in [1.82, 2.24) is 5.32 Å². The van der Waals surface area contributed by atoms with Gasteiger partial charge in [-0.2, -0.15) is 0 Å². The Labute approximate surface area is 67.5 Å². The van der Waals surface area contributed by atoms with E-state index < -0.39 is 0 Å². The van der Waals surface area contributed by atoms with Crippen molar-refractivity contribution in [2.75, 3.05) is 6.54 Å².